The van der Waals surface area contributed by atoms with Crippen LogP contribution in [0, 0.1) is 11.3 Å². The molecule has 30 heavy (non-hydrogen) atoms. The van der Waals surface area contributed by atoms with Crippen molar-refractivity contribution in [2.45, 2.75) is 73.1 Å². The Morgan fingerprint density at radius 1 is 0.633 bits per heavy atom. The minimum Gasteiger partial charge on any atom is -0.381 e. The van der Waals surface area contributed by atoms with Gasteiger partial charge in [0, 0.05) is 72.3 Å². The van der Waals surface area contributed by atoms with Gasteiger partial charge < -0.3 is 19.1 Å². The molecule has 0 aliphatic carbocycles. The minimum atomic E-state index is 0.401. The second-order valence-corrected chi connectivity index (χ2v) is 10.5. The Morgan fingerprint density at radius 2 is 1.10 bits per heavy atom. The van der Waals surface area contributed by atoms with Crippen LogP contribution < -0.4 is 0 Å². The van der Waals surface area contributed by atoms with Crippen LogP contribution in [0.2, 0.25) is 0 Å². The van der Waals surface area contributed by atoms with Crippen molar-refractivity contribution in [1.29, 1.82) is 0 Å². The molecule has 0 saturated carbocycles. The molecule has 0 spiro atoms. The van der Waals surface area contributed by atoms with E-state index in [1.54, 1.807) is 0 Å². The topological polar surface area (TPSA) is 34.2 Å². The molecule has 1 heterocycles. The zero-order chi connectivity index (χ0) is 22.1. The summed E-state index contributed by atoms with van der Waals surface area (Å²) in [5, 5.41) is 0. The van der Waals surface area contributed by atoms with E-state index in [2.05, 4.69) is 44.4 Å². The molecule has 0 bridgehead atoms. The standard InChI is InChI=1S/C25H52N2O3/c1-24(2)22-30-20-11-7-9-18-28-17-8-6-10-19-29-21-16-26-12-14-27(15-13-26)23-25(3,4)5/h24H,6-23H2,1-5H3. The summed E-state index contributed by atoms with van der Waals surface area (Å²) in [6, 6.07) is 0. The second kappa shape index (κ2) is 17.4. The zero-order valence-corrected chi connectivity index (χ0v) is 20.9. The van der Waals surface area contributed by atoms with Gasteiger partial charge in [0.15, 0.2) is 0 Å². The van der Waals surface area contributed by atoms with Crippen LogP contribution in [0.4, 0.5) is 0 Å². The molecular formula is C25H52N2O3. The van der Waals surface area contributed by atoms with Crippen LogP contribution in [0.3, 0.4) is 0 Å². The van der Waals surface area contributed by atoms with Gasteiger partial charge in [-0.05, 0) is 49.9 Å². The van der Waals surface area contributed by atoms with Crippen LogP contribution in [-0.2, 0) is 14.2 Å². The third-order valence-corrected chi connectivity index (χ3v) is 5.32. The van der Waals surface area contributed by atoms with E-state index >= 15 is 0 Å². The van der Waals surface area contributed by atoms with Crippen LogP contribution in [0.25, 0.3) is 0 Å². The van der Waals surface area contributed by atoms with E-state index in [1.165, 1.54) is 45.6 Å². The van der Waals surface area contributed by atoms with E-state index in [9.17, 15) is 0 Å². The molecular weight excluding hydrogens is 376 g/mol. The molecule has 1 aliphatic rings. The van der Waals surface area contributed by atoms with Gasteiger partial charge in [-0.2, -0.15) is 0 Å². The summed E-state index contributed by atoms with van der Waals surface area (Å²) < 4.78 is 17.2. The molecule has 0 aromatic rings. The Hall–Kier alpha value is -0.200. The van der Waals surface area contributed by atoms with E-state index in [4.69, 9.17) is 14.2 Å². The summed E-state index contributed by atoms with van der Waals surface area (Å²) in [7, 11) is 0. The van der Waals surface area contributed by atoms with Gasteiger partial charge in [0.1, 0.15) is 0 Å². The molecule has 0 amide bonds. The minimum absolute atomic E-state index is 0.401. The highest BCUT2D eigenvalue weighted by Gasteiger charge is 2.21. The van der Waals surface area contributed by atoms with Crippen LogP contribution in [0.15, 0.2) is 0 Å². The molecule has 0 radical (unpaired) electrons. The summed E-state index contributed by atoms with van der Waals surface area (Å²) in [5.74, 6) is 0.637. The maximum Gasteiger partial charge on any atom is 0.0593 e. The van der Waals surface area contributed by atoms with Crippen molar-refractivity contribution >= 4 is 0 Å². The molecule has 1 aliphatic heterocycles. The van der Waals surface area contributed by atoms with Gasteiger partial charge in [0.05, 0.1) is 6.61 Å². The van der Waals surface area contributed by atoms with E-state index in [0.717, 1.165) is 71.9 Å². The first kappa shape index (κ1) is 27.8. The van der Waals surface area contributed by atoms with Gasteiger partial charge >= 0.3 is 0 Å². The lowest BCUT2D eigenvalue weighted by Crippen LogP contribution is -2.49. The monoisotopic (exact) mass is 428 g/mol. The third-order valence-electron chi connectivity index (χ3n) is 5.32. The maximum absolute atomic E-state index is 5.84. The molecule has 5 heteroatoms. The highest BCUT2D eigenvalue weighted by molar-refractivity contribution is 4.76. The summed E-state index contributed by atoms with van der Waals surface area (Å²) in [6.45, 7) is 23.7. The van der Waals surface area contributed by atoms with Crippen molar-refractivity contribution in [1.82, 2.24) is 9.80 Å². The quantitative estimate of drug-likeness (QED) is 0.296. The molecule has 0 unspecified atom stereocenters. The number of unbranched alkanes of at least 4 members (excludes halogenated alkanes) is 4. The summed E-state index contributed by atoms with van der Waals surface area (Å²) in [4.78, 5) is 5.14. The lowest BCUT2D eigenvalue weighted by Gasteiger charge is -2.37. The predicted octanol–water partition coefficient (Wildman–Crippen LogP) is 4.70. The molecule has 1 saturated heterocycles. The largest absolute Gasteiger partial charge is 0.381 e. The number of hydrogen-bond acceptors (Lipinski definition) is 5. The Morgan fingerprint density at radius 3 is 1.60 bits per heavy atom. The van der Waals surface area contributed by atoms with Crippen LogP contribution in [0.5, 0.6) is 0 Å². The average Bonchev–Trinajstić information content (AvgIpc) is 2.67. The predicted molar refractivity (Wildman–Crippen MR) is 127 cm³/mol. The molecule has 1 fully saturated rings. The van der Waals surface area contributed by atoms with Crippen molar-refractivity contribution in [3.05, 3.63) is 0 Å². The summed E-state index contributed by atoms with van der Waals surface area (Å²) in [5.41, 5.74) is 0.401. The van der Waals surface area contributed by atoms with Gasteiger partial charge in [-0.25, -0.2) is 0 Å². The zero-order valence-electron chi connectivity index (χ0n) is 20.9. The van der Waals surface area contributed by atoms with Gasteiger partial charge in [-0.15, -0.1) is 0 Å². The summed E-state index contributed by atoms with van der Waals surface area (Å²) in [6.07, 6.45) is 7.01. The fourth-order valence-corrected chi connectivity index (χ4v) is 3.73. The number of piperazine rings is 1. The molecule has 180 valence electrons. The van der Waals surface area contributed by atoms with E-state index in [1.807, 2.05) is 0 Å². The van der Waals surface area contributed by atoms with Crippen molar-refractivity contribution in [3.8, 4) is 0 Å². The highest BCUT2D eigenvalue weighted by atomic mass is 16.5. The SMILES string of the molecule is CC(C)COCCCCCOCCCCCOCCN1CCN(CC(C)(C)C)CC1. The number of hydrogen-bond donors (Lipinski definition) is 0. The molecule has 0 aromatic heterocycles. The average molecular weight is 429 g/mol. The Bertz CT molecular complexity index is 377. The molecule has 1 rings (SSSR count). The van der Waals surface area contributed by atoms with Gasteiger partial charge in [0.2, 0.25) is 0 Å². The molecule has 0 N–H and O–H groups in total. The van der Waals surface area contributed by atoms with Crippen molar-refractivity contribution in [2.75, 3.05) is 78.9 Å². The number of ether oxygens (including phenoxy) is 3. The first-order valence-electron chi connectivity index (χ1n) is 12.5. The Kier molecular flexibility index (Phi) is 16.1. The van der Waals surface area contributed by atoms with Crippen LogP contribution in [0.1, 0.15) is 73.1 Å². The van der Waals surface area contributed by atoms with Gasteiger partial charge in [0.25, 0.3) is 0 Å². The fourth-order valence-electron chi connectivity index (χ4n) is 3.73. The van der Waals surface area contributed by atoms with Crippen LogP contribution >= 0.6 is 0 Å². The smallest absolute Gasteiger partial charge is 0.0593 e. The highest BCUT2D eigenvalue weighted by Crippen LogP contribution is 2.16. The van der Waals surface area contributed by atoms with Crippen LogP contribution in [-0.4, -0.2) is 88.7 Å². The lowest BCUT2D eigenvalue weighted by molar-refractivity contribution is 0.0628. The van der Waals surface area contributed by atoms with Crippen molar-refractivity contribution in [3.63, 3.8) is 0 Å². The van der Waals surface area contributed by atoms with Crippen molar-refractivity contribution < 1.29 is 14.2 Å². The molecule has 0 aromatic carbocycles. The normalized spacial score (nSPS) is 16.6. The Labute approximate surface area is 187 Å². The lowest BCUT2D eigenvalue weighted by atomic mass is 9.96. The number of nitrogens with zero attached hydrogens (tertiary/aromatic N) is 2. The molecule has 5 nitrogen and oxygen atoms in total. The van der Waals surface area contributed by atoms with E-state index in [-0.39, 0.29) is 0 Å². The Balaban J connectivity index is 1.76. The van der Waals surface area contributed by atoms with E-state index in [0.29, 0.717) is 11.3 Å². The molecule has 0 atom stereocenters. The summed E-state index contributed by atoms with van der Waals surface area (Å²) >= 11 is 0. The maximum atomic E-state index is 5.84. The third kappa shape index (κ3) is 17.5. The van der Waals surface area contributed by atoms with E-state index < -0.39 is 0 Å². The van der Waals surface area contributed by atoms with Crippen molar-refractivity contribution in [2.24, 2.45) is 11.3 Å². The number of rotatable bonds is 18. The second-order valence-electron chi connectivity index (χ2n) is 10.5. The fraction of sp³-hybridized carbons (Fsp3) is 1.00. The first-order valence-corrected chi connectivity index (χ1v) is 12.5. The van der Waals surface area contributed by atoms with Gasteiger partial charge in [-0.1, -0.05) is 34.6 Å². The first-order chi connectivity index (χ1) is 14.4. The van der Waals surface area contributed by atoms with Gasteiger partial charge in [-0.3, -0.25) is 4.90 Å².